The summed E-state index contributed by atoms with van der Waals surface area (Å²) >= 11 is 12.1. The maximum absolute atomic E-state index is 13.0. The van der Waals surface area contributed by atoms with E-state index in [0.29, 0.717) is 16.2 Å². The predicted molar refractivity (Wildman–Crippen MR) is 121 cm³/mol. The van der Waals surface area contributed by atoms with Crippen molar-refractivity contribution < 1.29 is 19.1 Å². The lowest BCUT2D eigenvalue weighted by atomic mass is 10.0. The summed E-state index contributed by atoms with van der Waals surface area (Å²) in [7, 11) is 0. The van der Waals surface area contributed by atoms with E-state index in [2.05, 4.69) is 5.32 Å². The Bertz CT molecular complexity index is 1330. The summed E-state index contributed by atoms with van der Waals surface area (Å²) in [4.78, 5) is 23.8. The van der Waals surface area contributed by atoms with Crippen LogP contribution in [0.4, 0.5) is 4.79 Å². The summed E-state index contributed by atoms with van der Waals surface area (Å²) in [5, 5.41) is 12.7. The Balaban J connectivity index is 1.70. The van der Waals surface area contributed by atoms with Gasteiger partial charge in [-0.2, -0.15) is 0 Å². The number of fused-ring (bicyclic) bond motifs is 1. The highest BCUT2D eigenvalue weighted by molar-refractivity contribution is 6.37. The summed E-state index contributed by atoms with van der Waals surface area (Å²) in [6.07, 6.45) is -1.07. The van der Waals surface area contributed by atoms with Gasteiger partial charge in [0.05, 0.1) is 5.02 Å². The Hall–Kier alpha value is -3.28. The first-order valence-electron chi connectivity index (χ1n) is 9.42. The second-order valence-corrected chi connectivity index (χ2v) is 7.92. The predicted octanol–water partition coefficient (Wildman–Crippen LogP) is 6.71. The van der Waals surface area contributed by atoms with E-state index >= 15 is 0 Å². The lowest BCUT2D eigenvalue weighted by Crippen LogP contribution is -2.19. The number of hydrogen-bond donors (Lipinski definition) is 2. The van der Waals surface area contributed by atoms with Gasteiger partial charge in [-0.25, -0.2) is 4.79 Å². The van der Waals surface area contributed by atoms with Gasteiger partial charge >= 0.3 is 6.09 Å². The Labute approximate surface area is 188 Å². The van der Waals surface area contributed by atoms with Gasteiger partial charge in [0.1, 0.15) is 5.58 Å². The Kier molecular flexibility index (Phi) is 5.72. The zero-order valence-electron chi connectivity index (χ0n) is 16.4. The number of carbonyl (C=O) groups excluding carboxylic acids is 1. The van der Waals surface area contributed by atoms with E-state index in [0.717, 1.165) is 27.6 Å². The second-order valence-electron chi connectivity index (χ2n) is 7.08. The summed E-state index contributed by atoms with van der Waals surface area (Å²) in [6.45, 7) is 2.05. The molecular formula is C24H17Cl2NO4. The molecule has 4 aromatic rings. The molecule has 1 aromatic heterocycles. The van der Waals surface area contributed by atoms with Gasteiger partial charge in [0, 0.05) is 28.1 Å². The average Bonchev–Trinajstić information content (AvgIpc) is 3.08. The number of furan rings is 1. The molecule has 1 amide bonds. The smallest absolute Gasteiger partial charge is 0.404 e. The molecule has 0 bridgehead atoms. The van der Waals surface area contributed by atoms with Crippen LogP contribution in [0.2, 0.25) is 10.0 Å². The van der Waals surface area contributed by atoms with Crippen molar-refractivity contribution in [3.63, 3.8) is 0 Å². The van der Waals surface area contributed by atoms with E-state index in [1.807, 2.05) is 49.4 Å². The van der Waals surface area contributed by atoms with E-state index in [-0.39, 0.29) is 23.1 Å². The van der Waals surface area contributed by atoms with Gasteiger partial charge < -0.3 is 14.8 Å². The number of ketones is 1. The van der Waals surface area contributed by atoms with Crippen molar-refractivity contribution >= 4 is 46.0 Å². The molecule has 0 aliphatic rings. The minimum atomic E-state index is -1.07. The maximum atomic E-state index is 13.0. The Morgan fingerprint density at radius 2 is 1.77 bits per heavy atom. The molecule has 0 saturated heterocycles. The summed E-state index contributed by atoms with van der Waals surface area (Å²) in [6, 6.07) is 18.0. The maximum Gasteiger partial charge on any atom is 0.404 e. The van der Waals surface area contributed by atoms with Crippen molar-refractivity contribution in [1.29, 1.82) is 0 Å². The minimum absolute atomic E-state index is 0.214. The van der Waals surface area contributed by atoms with Crippen LogP contribution in [0.15, 0.2) is 65.1 Å². The SMILES string of the molecule is Cc1c(C(=O)c2ccc(Cl)cc2Cl)oc2cc(-c3cccc(CNC(=O)O)c3)ccc12. The number of carboxylic acid groups (broad SMARTS) is 1. The molecule has 3 aromatic carbocycles. The van der Waals surface area contributed by atoms with Gasteiger partial charge in [-0.05, 0) is 53.9 Å². The van der Waals surface area contributed by atoms with Crippen LogP contribution < -0.4 is 5.32 Å². The fourth-order valence-corrected chi connectivity index (χ4v) is 3.95. The van der Waals surface area contributed by atoms with Crippen molar-refractivity contribution in [3.05, 3.63) is 93.2 Å². The van der Waals surface area contributed by atoms with E-state index in [4.69, 9.17) is 32.7 Å². The van der Waals surface area contributed by atoms with Gasteiger partial charge in [-0.15, -0.1) is 0 Å². The third kappa shape index (κ3) is 4.29. The zero-order chi connectivity index (χ0) is 22.1. The third-order valence-electron chi connectivity index (χ3n) is 5.02. The number of aryl methyl sites for hydroxylation is 1. The van der Waals surface area contributed by atoms with Crippen molar-refractivity contribution in [1.82, 2.24) is 5.32 Å². The van der Waals surface area contributed by atoms with Crippen LogP contribution in [-0.2, 0) is 6.54 Å². The van der Waals surface area contributed by atoms with Crippen molar-refractivity contribution in [2.45, 2.75) is 13.5 Å². The Morgan fingerprint density at radius 1 is 1.00 bits per heavy atom. The second kappa shape index (κ2) is 8.46. The number of benzene rings is 3. The molecule has 31 heavy (non-hydrogen) atoms. The number of rotatable bonds is 5. The van der Waals surface area contributed by atoms with Crippen LogP contribution in [0, 0.1) is 6.92 Å². The van der Waals surface area contributed by atoms with Gasteiger partial charge in [0.25, 0.3) is 0 Å². The van der Waals surface area contributed by atoms with Gasteiger partial charge in [0.2, 0.25) is 5.78 Å². The van der Waals surface area contributed by atoms with Crippen molar-refractivity contribution in [3.8, 4) is 11.1 Å². The lowest BCUT2D eigenvalue weighted by Gasteiger charge is -2.06. The zero-order valence-corrected chi connectivity index (χ0v) is 17.9. The van der Waals surface area contributed by atoms with Gasteiger partial charge in [-0.3, -0.25) is 4.79 Å². The van der Waals surface area contributed by atoms with Crippen LogP contribution in [-0.4, -0.2) is 17.0 Å². The molecule has 0 fully saturated rings. The van der Waals surface area contributed by atoms with Crippen molar-refractivity contribution in [2.24, 2.45) is 0 Å². The minimum Gasteiger partial charge on any atom is -0.465 e. The monoisotopic (exact) mass is 453 g/mol. The van der Waals surface area contributed by atoms with Crippen LogP contribution in [0.1, 0.15) is 27.2 Å². The van der Waals surface area contributed by atoms with Crippen LogP contribution in [0.5, 0.6) is 0 Å². The fourth-order valence-electron chi connectivity index (χ4n) is 3.46. The highest BCUT2D eigenvalue weighted by Gasteiger charge is 2.21. The topological polar surface area (TPSA) is 79.5 Å². The summed E-state index contributed by atoms with van der Waals surface area (Å²) < 4.78 is 5.94. The van der Waals surface area contributed by atoms with E-state index in [9.17, 15) is 9.59 Å². The molecule has 0 saturated carbocycles. The molecule has 1 heterocycles. The largest absolute Gasteiger partial charge is 0.465 e. The number of hydrogen-bond acceptors (Lipinski definition) is 3. The van der Waals surface area contributed by atoms with Crippen LogP contribution in [0.3, 0.4) is 0 Å². The highest BCUT2D eigenvalue weighted by atomic mass is 35.5. The quantitative estimate of drug-likeness (QED) is 0.329. The lowest BCUT2D eigenvalue weighted by molar-refractivity contribution is 0.101. The Morgan fingerprint density at radius 3 is 2.52 bits per heavy atom. The fraction of sp³-hybridized carbons (Fsp3) is 0.0833. The first kappa shape index (κ1) is 21.0. The molecule has 156 valence electrons. The molecule has 5 nitrogen and oxygen atoms in total. The van der Waals surface area contributed by atoms with E-state index in [1.54, 1.807) is 12.1 Å². The molecule has 7 heteroatoms. The molecule has 0 aliphatic heterocycles. The average molecular weight is 454 g/mol. The van der Waals surface area contributed by atoms with E-state index in [1.165, 1.54) is 6.07 Å². The molecule has 0 spiro atoms. The normalized spacial score (nSPS) is 10.9. The molecule has 2 N–H and O–H groups in total. The number of carbonyl (C=O) groups is 2. The van der Waals surface area contributed by atoms with Gasteiger partial charge in [0.15, 0.2) is 5.76 Å². The molecule has 0 radical (unpaired) electrons. The summed E-state index contributed by atoms with van der Waals surface area (Å²) in [5.41, 5.74) is 4.28. The molecule has 0 atom stereocenters. The molecule has 0 unspecified atom stereocenters. The first-order chi connectivity index (χ1) is 14.8. The van der Waals surface area contributed by atoms with Crippen molar-refractivity contribution in [2.75, 3.05) is 0 Å². The number of amides is 1. The van der Waals surface area contributed by atoms with Gasteiger partial charge in [-0.1, -0.05) is 53.5 Å². The van der Waals surface area contributed by atoms with Crippen LogP contribution in [0.25, 0.3) is 22.1 Å². The number of nitrogens with one attached hydrogen (secondary N) is 1. The third-order valence-corrected chi connectivity index (χ3v) is 5.57. The van der Waals surface area contributed by atoms with Crippen LogP contribution >= 0.6 is 23.2 Å². The molecule has 4 rings (SSSR count). The number of halogens is 2. The van der Waals surface area contributed by atoms with E-state index < -0.39 is 6.09 Å². The molecular weight excluding hydrogens is 437 g/mol. The first-order valence-corrected chi connectivity index (χ1v) is 10.2. The highest BCUT2D eigenvalue weighted by Crippen LogP contribution is 2.33. The standard InChI is InChI=1S/C24H17Cl2NO4/c1-13-18-7-5-16(15-4-2-3-14(9-15)12-27-24(29)30)10-21(18)31-23(13)22(28)19-8-6-17(25)11-20(19)26/h2-11,27H,12H2,1H3,(H,29,30). The summed E-state index contributed by atoms with van der Waals surface area (Å²) in [5.74, 6) is -0.0746. The molecule has 0 aliphatic carbocycles.